The Balaban J connectivity index is 1.91. The molecule has 2 unspecified atom stereocenters. The first kappa shape index (κ1) is 20.9. The highest BCUT2D eigenvalue weighted by atomic mass is 35.5. The van der Waals surface area contributed by atoms with Crippen LogP contribution in [0.25, 0.3) is 16.2 Å². The molecule has 1 aromatic heterocycles. The van der Waals surface area contributed by atoms with Gasteiger partial charge in [-0.1, -0.05) is 23.8 Å². The molecule has 0 aliphatic rings. The quantitative estimate of drug-likeness (QED) is 0.448. The summed E-state index contributed by atoms with van der Waals surface area (Å²) in [6, 6.07) is 8.17. The molecule has 28 heavy (non-hydrogen) atoms. The van der Waals surface area contributed by atoms with Crippen LogP contribution in [0.15, 0.2) is 47.9 Å². The molecule has 3 aromatic rings. The Bertz CT molecular complexity index is 1120. The van der Waals surface area contributed by atoms with E-state index in [0.29, 0.717) is 16.0 Å². The second-order valence-corrected chi connectivity index (χ2v) is 10.2. The minimum Gasteiger partial charge on any atom is -0.344 e. The lowest BCUT2D eigenvalue weighted by Crippen LogP contribution is -2.11. The fraction of sp³-hybridized carbons (Fsp3) is 0.150. The number of thiophene rings is 1. The Morgan fingerprint density at radius 3 is 2.75 bits per heavy atom. The lowest BCUT2D eigenvalue weighted by atomic mass is 10.0. The van der Waals surface area contributed by atoms with E-state index >= 15 is 0 Å². The Labute approximate surface area is 169 Å². The van der Waals surface area contributed by atoms with E-state index in [9.17, 15) is 23.0 Å². The number of hydrogen-bond acceptors (Lipinski definition) is 3. The van der Waals surface area contributed by atoms with Gasteiger partial charge in [-0.05, 0) is 52.7 Å². The Hall–Kier alpha value is -1.85. The molecular weight excluding hydrogens is 425 g/mol. The number of hydrogen-bond donors (Lipinski definition) is 1. The second kappa shape index (κ2) is 8.26. The van der Waals surface area contributed by atoms with Gasteiger partial charge < -0.3 is 4.89 Å². The van der Waals surface area contributed by atoms with Crippen molar-refractivity contribution in [2.45, 2.75) is 12.1 Å². The first-order valence-corrected chi connectivity index (χ1v) is 11.7. The molecule has 0 fully saturated rings. The van der Waals surface area contributed by atoms with Crippen molar-refractivity contribution in [1.82, 2.24) is 0 Å². The van der Waals surface area contributed by atoms with E-state index in [2.05, 4.69) is 0 Å². The third-order valence-electron chi connectivity index (χ3n) is 4.22. The highest BCUT2D eigenvalue weighted by Crippen LogP contribution is 2.55. The largest absolute Gasteiger partial charge is 0.344 e. The zero-order chi connectivity index (χ0) is 20.5. The normalized spacial score (nSPS) is 15.0. The van der Waals surface area contributed by atoms with E-state index < -0.39 is 30.4 Å². The standard InChI is InChI=1S/C20H16ClF2O3PS/c1-27(25,26)20(16-11-28-19-8-5-13(21)10-15(16)19)18(24)4-2-3-12-9-14(22)6-7-17(12)23/h2-3,5-11,20H,4H2,1H3,(H,25,26)/b3-2+. The summed E-state index contributed by atoms with van der Waals surface area (Å²) in [4.78, 5) is 23.0. The van der Waals surface area contributed by atoms with Crippen LogP contribution in [0.4, 0.5) is 8.78 Å². The number of fused-ring (bicyclic) bond motifs is 1. The maximum atomic E-state index is 13.7. The summed E-state index contributed by atoms with van der Waals surface area (Å²) in [6.07, 6.45) is 2.45. The van der Waals surface area contributed by atoms with Gasteiger partial charge in [0, 0.05) is 28.4 Å². The second-order valence-electron chi connectivity index (χ2n) is 6.42. The van der Waals surface area contributed by atoms with E-state index in [0.717, 1.165) is 29.6 Å². The van der Waals surface area contributed by atoms with E-state index in [4.69, 9.17) is 11.6 Å². The fourth-order valence-electron chi connectivity index (χ4n) is 2.99. The number of ketones is 1. The van der Waals surface area contributed by atoms with Gasteiger partial charge in [-0.2, -0.15) is 0 Å². The molecule has 0 spiro atoms. The highest BCUT2D eigenvalue weighted by Gasteiger charge is 2.35. The number of halogens is 3. The van der Waals surface area contributed by atoms with Gasteiger partial charge >= 0.3 is 0 Å². The molecule has 0 aliphatic heterocycles. The van der Waals surface area contributed by atoms with Crippen molar-refractivity contribution < 1.29 is 23.0 Å². The minimum atomic E-state index is -3.82. The maximum Gasteiger partial charge on any atom is 0.212 e. The van der Waals surface area contributed by atoms with Gasteiger partial charge in [0.1, 0.15) is 17.3 Å². The number of Topliss-reactive ketones (excluding diaryl/α,β-unsaturated/α-hetero) is 1. The maximum absolute atomic E-state index is 13.7. The molecule has 0 saturated carbocycles. The van der Waals surface area contributed by atoms with Crippen LogP contribution in [0, 0.1) is 11.6 Å². The fourth-order valence-corrected chi connectivity index (χ4v) is 5.60. The van der Waals surface area contributed by atoms with E-state index in [1.807, 2.05) is 0 Å². The molecule has 0 aliphatic carbocycles. The molecule has 0 radical (unpaired) electrons. The van der Waals surface area contributed by atoms with E-state index in [-0.39, 0.29) is 12.0 Å². The van der Waals surface area contributed by atoms with Gasteiger partial charge in [-0.3, -0.25) is 9.36 Å². The third kappa shape index (κ3) is 4.58. The molecule has 2 aromatic carbocycles. The molecule has 3 nitrogen and oxygen atoms in total. The van der Waals surface area contributed by atoms with Crippen molar-refractivity contribution in [1.29, 1.82) is 0 Å². The topological polar surface area (TPSA) is 54.4 Å². The lowest BCUT2D eigenvalue weighted by Gasteiger charge is -2.18. The molecular formula is C20H16ClF2O3PS. The summed E-state index contributed by atoms with van der Waals surface area (Å²) >= 11 is 7.39. The van der Waals surface area contributed by atoms with Crippen LogP contribution in [0.2, 0.25) is 5.02 Å². The van der Waals surface area contributed by atoms with Crippen molar-refractivity contribution in [3.05, 3.63) is 75.6 Å². The number of allylic oxidation sites excluding steroid dienone is 1. The smallest absolute Gasteiger partial charge is 0.212 e. The van der Waals surface area contributed by atoms with Gasteiger partial charge in [0.25, 0.3) is 0 Å². The average molecular weight is 441 g/mol. The summed E-state index contributed by atoms with van der Waals surface area (Å²) < 4.78 is 40.3. The summed E-state index contributed by atoms with van der Waals surface area (Å²) in [5.41, 5.74) is -0.770. The predicted molar refractivity (Wildman–Crippen MR) is 110 cm³/mol. The van der Waals surface area contributed by atoms with Crippen LogP contribution >= 0.6 is 30.3 Å². The van der Waals surface area contributed by atoms with Crippen LogP contribution in [0.5, 0.6) is 0 Å². The molecule has 2 atom stereocenters. The van der Waals surface area contributed by atoms with Crippen LogP contribution < -0.4 is 0 Å². The lowest BCUT2D eigenvalue weighted by molar-refractivity contribution is -0.118. The summed E-state index contributed by atoms with van der Waals surface area (Å²) in [5, 5.41) is 2.81. The van der Waals surface area contributed by atoms with Crippen molar-refractivity contribution in [3.8, 4) is 0 Å². The Morgan fingerprint density at radius 2 is 2.04 bits per heavy atom. The van der Waals surface area contributed by atoms with E-state index in [1.54, 1.807) is 23.6 Å². The molecule has 0 bridgehead atoms. The molecule has 8 heteroatoms. The first-order valence-electron chi connectivity index (χ1n) is 8.27. The van der Waals surface area contributed by atoms with Crippen molar-refractivity contribution in [2.75, 3.05) is 6.66 Å². The van der Waals surface area contributed by atoms with Crippen molar-refractivity contribution in [2.24, 2.45) is 0 Å². The zero-order valence-electron chi connectivity index (χ0n) is 14.7. The Morgan fingerprint density at radius 1 is 1.29 bits per heavy atom. The monoisotopic (exact) mass is 440 g/mol. The summed E-state index contributed by atoms with van der Waals surface area (Å²) in [5.74, 6) is -1.70. The minimum absolute atomic E-state index is 0.000736. The SMILES string of the molecule is CP(=O)(O)C(C(=O)C/C=C/c1cc(F)ccc1F)c1csc2ccc(Cl)cc12. The molecule has 0 saturated heterocycles. The molecule has 1 heterocycles. The van der Waals surface area contributed by atoms with Gasteiger partial charge in [0.05, 0.1) is 0 Å². The van der Waals surface area contributed by atoms with Crippen molar-refractivity contribution >= 4 is 52.3 Å². The number of carbonyl (C=O) groups excluding carboxylic acids is 1. The van der Waals surface area contributed by atoms with Crippen LogP contribution in [-0.2, 0) is 9.36 Å². The molecule has 146 valence electrons. The third-order valence-corrected chi connectivity index (χ3v) is 6.96. The van der Waals surface area contributed by atoms with Crippen LogP contribution in [0.3, 0.4) is 0 Å². The zero-order valence-corrected chi connectivity index (χ0v) is 17.2. The number of carbonyl (C=O) groups is 1. The van der Waals surface area contributed by atoms with Gasteiger partial charge in [0.2, 0.25) is 7.37 Å². The van der Waals surface area contributed by atoms with Crippen LogP contribution in [-0.4, -0.2) is 17.3 Å². The molecule has 0 amide bonds. The summed E-state index contributed by atoms with van der Waals surface area (Å²) in [7, 11) is -3.82. The van der Waals surface area contributed by atoms with Gasteiger partial charge in [0.15, 0.2) is 5.78 Å². The predicted octanol–water partition coefficient (Wildman–Crippen LogP) is 6.45. The van der Waals surface area contributed by atoms with Gasteiger partial charge in [-0.25, -0.2) is 8.78 Å². The van der Waals surface area contributed by atoms with Crippen LogP contribution in [0.1, 0.15) is 23.2 Å². The Kier molecular flexibility index (Phi) is 6.15. The first-order chi connectivity index (χ1) is 13.2. The number of rotatable bonds is 6. The summed E-state index contributed by atoms with van der Waals surface area (Å²) in [6.45, 7) is 1.14. The highest BCUT2D eigenvalue weighted by molar-refractivity contribution is 7.58. The van der Waals surface area contributed by atoms with Crippen molar-refractivity contribution in [3.63, 3.8) is 0 Å². The molecule has 3 rings (SSSR count). The number of benzene rings is 2. The van der Waals surface area contributed by atoms with E-state index in [1.165, 1.54) is 23.5 Å². The molecule has 1 N–H and O–H groups in total. The van der Waals surface area contributed by atoms with Gasteiger partial charge in [-0.15, -0.1) is 11.3 Å². The average Bonchev–Trinajstić information content (AvgIpc) is 2.99.